The lowest BCUT2D eigenvalue weighted by atomic mass is 10.1. The molecule has 2 aromatic rings. The summed E-state index contributed by atoms with van der Waals surface area (Å²) in [5, 5.41) is 12.0. The number of para-hydroxylation sites is 2. The van der Waals surface area contributed by atoms with Crippen LogP contribution in [0, 0.1) is 0 Å². The molecule has 1 aliphatic carbocycles. The highest BCUT2D eigenvalue weighted by Crippen LogP contribution is 2.40. The van der Waals surface area contributed by atoms with Crippen LogP contribution in [-0.2, 0) is 20.8 Å². The molecule has 26 heavy (non-hydrogen) atoms. The van der Waals surface area contributed by atoms with E-state index in [0.29, 0.717) is 25.6 Å². The number of ether oxygens (including phenoxy) is 2. The van der Waals surface area contributed by atoms with Crippen molar-refractivity contribution in [3.05, 3.63) is 30.1 Å². The number of fused-ring (bicyclic) bond motifs is 1. The number of benzene rings is 1. The molecule has 1 aromatic heterocycles. The van der Waals surface area contributed by atoms with Crippen molar-refractivity contribution in [1.82, 2.24) is 14.9 Å². The van der Waals surface area contributed by atoms with Crippen LogP contribution in [0.2, 0.25) is 0 Å². The third kappa shape index (κ3) is 3.75. The molecular formula is C19H25N3O4. The van der Waals surface area contributed by atoms with Crippen molar-refractivity contribution in [3.63, 3.8) is 0 Å². The average Bonchev–Trinajstić information content (AvgIpc) is 3.44. The highest BCUT2D eigenvalue weighted by molar-refractivity contribution is 5.81. The number of hydrogen-bond acceptors (Lipinski definition) is 5. The first kappa shape index (κ1) is 17.5. The molecule has 2 fully saturated rings. The number of rotatable bonds is 7. The summed E-state index contributed by atoms with van der Waals surface area (Å²) in [4.78, 5) is 17.5. The zero-order chi connectivity index (χ0) is 17.9. The fraction of sp³-hybridized carbons (Fsp3) is 0.579. The van der Waals surface area contributed by atoms with Gasteiger partial charge < -0.3 is 24.5 Å². The Morgan fingerprint density at radius 1 is 1.35 bits per heavy atom. The largest absolute Gasteiger partial charge is 0.394 e. The first-order chi connectivity index (χ1) is 12.8. The first-order valence-corrected chi connectivity index (χ1v) is 9.31. The molecule has 2 atom stereocenters. The molecule has 1 saturated carbocycles. The van der Waals surface area contributed by atoms with Crippen LogP contribution < -0.4 is 5.32 Å². The molecule has 1 amide bonds. The summed E-state index contributed by atoms with van der Waals surface area (Å²) >= 11 is 0. The molecule has 7 heteroatoms. The second-order valence-corrected chi connectivity index (χ2v) is 6.99. The van der Waals surface area contributed by atoms with Gasteiger partial charge in [0, 0.05) is 12.5 Å². The van der Waals surface area contributed by atoms with Gasteiger partial charge in [0.25, 0.3) is 0 Å². The Morgan fingerprint density at radius 2 is 2.19 bits per heavy atom. The van der Waals surface area contributed by atoms with Crippen LogP contribution in [0.1, 0.15) is 31.0 Å². The minimum atomic E-state index is -0.193. The van der Waals surface area contributed by atoms with Gasteiger partial charge in [-0.05, 0) is 31.4 Å². The van der Waals surface area contributed by atoms with Crippen LogP contribution >= 0.6 is 0 Å². The summed E-state index contributed by atoms with van der Waals surface area (Å²) < 4.78 is 13.2. The molecule has 140 valence electrons. The van der Waals surface area contributed by atoms with Crippen LogP contribution in [0.3, 0.4) is 0 Å². The van der Waals surface area contributed by atoms with E-state index in [2.05, 4.69) is 5.32 Å². The first-order valence-electron chi connectivity index (χ1n) is 9.31. The van der Waals surface area contributed by atoms with Gasteiger partial charge in [0.05, 0.1) is 43.0 Å². The molecule has 1 saturated heterocycles. The monoisotopic (exact) mass is 359 g/mol. The zero-order valence-corrected chi connectivity index (χ0v) is 14.8. The number of aliphatic hydroxyl groups excluding tert-OH is 1. The zero-order valence-electron chi connectivity index (χ0n) is 14.8. The summed E-state index contributed by atoms with van der Waals surface area (Å²) in [7, 11) is 0. The number of imidazole rings is 1. The van der Waals surface area contributed by atoms with Gasteiger partial charge in [0.2, 0.25) is 5.91 Å². The quantitative estimate of drug-likeness (QED) is 0.776. The van der Waals surface area contributed by atoms with E-state index >= 15 is 0 Å². The van der Waals surface area contributed by atoms with Gasteiger partial charge >= 0.3 is 0 Å². The smallest absolute Gasteiger partial charge is 0.240 e. The van der Waals surface area contributed by atoms with Crippen LogP contribution in [-0.4, -0.2) is 59.1 Å². The van der Waals surface area contributed by atoms with Crippen LogP contribution in [0.15, 0.2) is 24.3 Å². The Morgan fingerprint density at radius 3 is 3.00 bits per heavy atom. The molecular weight excluding hydrogens is 334 g/mol. The second kappa shape index (κ2) is 7.73. The standard InChI is InChI=1S/C19H25N3O4/c23-8-10-26-17-7-9-25-12-15(17)20-18(24)11-22-16-4-2-1-3-14(16)21-19(22)13-5-6-13/h1-4,13,15,17,23H,5-12H2,(H,20,24)/t15-,17+/m0/s1. The Balaban J connectivity index is 1.47. The number of nitrogens with one attached hydrogen (secondary N) is 1. The van der Waals surface area contributed by atoms with Crippen molar-refractivity contribution in [2.24, 2.45) is 0 Å². The third-order valence-electron chi connectivity index (χ3n) is 4.99. The maximum Gasteiger partial charge on any atom is 0.240 e. The SMILES string of the molecule is O=C(Cn1c(C2CC2)nc2ccccc21)N[C@H]1COCC[C@H]1OCCO. The number of carbonyl (C=O) groups excluding carboxylic acids is 1. The molecule has 1 aromatic carbocycles. The molecule has 2 heterocycles. The number of carbonyl (C=O) groups is 1. The summed E-state index contributed by atoms with van der Waals surface area (Å²) in [6.07, 6.45) is 2.87. The van der Waals surface area contributed by atoms with Crippen molar-refractivity contribution in [3.8, 4) is 0 Å². The Bertz CT molecular complexity index is 771. The Kier molecular flexibility index (Phi) is 5.19. The maximum atomic E-state index is 12.7. The van der Waals surface area contributed by atoms with E-state index in [1.807, 2.05) is 28.8 Å². The van der Waals surface area contributed by atoms with Crippen molar-refractivity contribution in [1.29, 1.82) is 0 Å². The van der Waals surface area contributed by atoms with E-state index in [4.69, 9.17) is 19.6 Å². The topological polar surface area (TPSA) is 85.6 Å². The van der Waals surface area contributed by atoms with Gasteiger partial charge in [-0.15, -0.1) is 0 Å². The number of amides is 1. The van der Waals surface area contributed by atoms with E-state index in [0.717, 1.165) is 29.7 Å². The predicted molar refractivity (Wildman–Crippen MR) is 95.9 cm³/mol. The van der Waals surface area contributed by atoms with Gasteiger partial charge in [0.1, 0.15) is 12.4 Å². The number of nitrogens with zero attached hydrogens (tertiary/aromatic N) is 2. The molecule has 0 spiro atoms. The van der Waals surface area contributed by atoms with Crippen LogP contribution in [0.5, 0.6) is 0 Å². The highest BCUT2D eigenvalue weighted by Gasteiger charge is 2.31. The molecule has 0 radical (unpaired) electrons. The minimum absolute atomic E-state index is 0.0240. The molecule has 0 unspecified atom stereocenters. The summed E-state index contributed by atoms with van der Waals surface area (Å²) in [5.74, 6) is 1.41. The van der Waals surface area contributed by atoms with Gasteiger partial charge in [-0.25, -0.2) is 4.98 Å². The van der Waals surface area contributed by atoms with E-state index < -0.39 is 0 Å². The second-order valence-electron chi connectivity index (χ2n) is 6.99. The molecule has 2 aliphatic rings. The van der Waals surface area contributed by atoms with E-state index in [-0.39, 0.29) is 37.8 Å². The number of hydrogen-bond donors (Lipinski definition) is 2. The number of aliphatic hydroxyl groups is 1. The molecule has 7 nitrogen and oxygen atoms in total. The third-order valence-corrected chi connectivity index (χ3v) is 4.99. The predicted octanol–water partition coefficient (Wildman–Crippen LogP) is 1.20. The maximum absolute atomic E-state index is 12.7. The molecule has 4 rings (SSSR count). The Hall–Kier alpha value is -1.96. The van der Waals surface area contributed by atoms with E-state index in [1.54, 1.807) is 0 Å². The van der Waals surface area contributed by atoms with Gasteiger partial charge in [-0.3, -0.25) is 4.79 Å². The Labute approximate surface area is 152 Å². The van der Waals surface area contributed by atoms with Crippen LogP contribution in [0.4, 0.5) is 0 Å². The highest BCUT2D eigenvalue weighted by atomic mass is 16.5. The van der Waals surface area contributed by atoms with Gasteiger partial charge in [0.15, 0.2) is 0 Å². The lowest BCUT2D eigenvalue weighted by molar-refractivity contribution is -0.127. The fourth-order valence-electron chi connectivity index (χ4n) is 3.57. The van der Waals surface area contributed by atoms with Gasteiger partial charge in [-0.1, -0.05) is 12.1 Å². The molecule has 2 N–H and O–H groups in total. The van der Waals surface area contributed by atoms with E-state index in [1.165, 1.54) is 0 Å². The normalized spacial score (nSPS) is 23.3. The summed E-state index contributed by atoms with van der Waals surface area (Å²) in [5.41, 5.74) is 1.94. The molecule has 0 bridgehead atoms. The van der Waals surface area contributed by atoms with Crippen molar-refractivity contribution < 1.29 is 19.4 Å². The minimum Gasteiger partial charge on any atom is -0.394 e. The molecule has 1 aliphatic heterocycles. The summed E-state index contributed by atoms with van der Waals surface area (Å²) in [6.45, 7) is 1.54. The van der Waals surface area contributed by atoms with Crippen LogP contribution in [0.25, 0.3) is 11.0 Å². The fourth-order valence-corrected chi connectivity index (χ4v) is 3.57. The lowest BCUT2D eigenvalue weighted by Gasteiger charge is -2.32. The van der Waals surface area contributed by atoms with Crippen molar-refractivity contribution >= 4 is 16.9 Å². The number of aromatic nitrogens is 2. The summed E-state index contributed by atoms with van der Waals surface area (Å²) in [6, 6.07) is 7.76. The van der Waals surface area contributed by atoms with Gasteiger partial charge in [-0.2, -0.15) is 0 Å². The van der Waals surface area contributed by atoms with Crippen molar-refractivity contribution in [2.75, 3.05) is 26.4 Å². The lowest BCUT2D eigenvalue weighted by Crippen LogP contribution is -2.51. The van der Waals surface area contributed by atoms with Crippen molar-refractivity contribution in [2.45, 2.75) is 43.9 Å². The average molecular weight is 359 g/mol. The van der Waals surface area contributed by atoms with E-state index in [9.17, 15) is 4.79 Å².